The van der Waals surface area contributed by atoms with Gasteiger partial charge in [0.25, 0.3) is 10.1 Å². The van der Waals surface area contributed by atoms with Crippen LogP contribution in [0.3, 0.4) is 0 Å². The van der Waals surface area contributed by atoms with E-state index in [4.69, 9.17) is 0 Å². The minimum atomic E-state index is -4.26. The molecule has 0 aromatic heterocycles. The van der Waals surface area contributed by atoms with Crippen molar-refractivity contribution in [1.29, 1.82) is 0 Å². The molecule has 1 N–H and O–H groups in total. The van der Waals surface area contributed by atoms with Crippen LogP contribution in [-0.2, 0) is 20.9 Å². The molecular formula is C31H39N2O3S+. The van der Waals surface area contributed by atoms with Gasteiger partial charge >= 0.3 is 0 Å². The Balaban J connectivity index is 1.65. The summed E-state index contributed by atoms with van der Waals surface area (Å²) in [4.78, 5) is 2.36. The van der Waals surface area contributed by atoms with E-state index in [2.05, 4.69) is 107 Å². The van der Waals surface area contributed by atoms with Crippen LogP contribution in [0.4, 0.5) is 11.4 Å². The highest BCUT2D eigenvalue weighted by Crippen LogP contribution is 2.49. The summed E-state index contributed by atoms with van der Waals surface area (Å²) < 4.78 is 35.2. The van der Waals surface area contributed by atoms with Crippen LogP contribution in [-0.4, -0.2) is 35.8 Å². The number of allylic oxidation sites excluding steroid dienone is 6. The SMILES string of the molecule is CC[N+]1=C(C=CC=CC=C2N(C(C)C)c3ccc(C)cc3C2(C)C)C(C)(C)c2cc(S(=O)(=O)O)ccc21. The molecule has 196 valence electrons. The Morgan fingerprint density at radius 3 is 2.30 bits per heavy atom. The first kappa shape index (κ1) is 27.1. The van der Waals surface area contributed by atoms with Crippen molar-refractivity contribution in [3.05, 3.63) is 89.2 Å². The predicted molar refractivity (Wildman–Crippen MR) is 153 cm³/mol. The van der Waals surface area contributed by atoms with Crippen LogP contribution in [0.15, 0.2) is 77.4 Å². The molecule has 37 heavy (non-hydrogen) atoms. The minimum Gasteiger partial charge on any atom is -0.341 e. The molecule has 5 nitrogen and oxygen atoms in total. The predicted octanol–water partition coefficient (Wildman–Crippen LogP) is 6.84. The highest BCUT2D eigenvalue weighted by molar-refractivity contribution is 7.85. The number of anilines is 1. The van der Waals surface area contributed by atoms with Crippen LogP contribution in [0.2, 0.25) is 0 Å². The van der Waals surface area contributed by atoms with Gasteiger partial charge in [0.15, 0.2) is 5.71 Å². The number of benzene rings is 2. The summed E-state index contributed by atoms with van der Waals surface area (Å²) in [7, 11) is -4.26. The molecule has 0 radical (unpaired) electrons. The van der Waals surface area contributed by atoms with Crippen molar-refractivity contribution in [2.75, 3.05) is 11.4 Å². The fourth-order valence-electron chi connectivity index (χ4n) is 5.79. The quantitative estimate of drug-likeness (QED) is 0.258. The van der Waals surface area contributed by atoms with E-state index in [9.17, 15) is 13.0 Å². The first-order valence-corrected chi connectivity index (χ1v) is 14.4. The average Bonchev–Trinajstić information content (AvgIpc) is 3.16. The third-order valence-electron chi connectivity index (χ3n) is 7.71. The van der Waals surface area contributed by atoms with E-state index < -0.39 is 15.5 Å². The Bertz CT molecular complexity index is 1470. The van der Waals surface area contributed by atoms with E-state index in [1.54, 1.807) is 12.1 Å². The Kier molecular flexibility index (Phi) is 6.89. The van der Waals surface area contributed by atoms with E-state index in [-0.39, 0.29) is 10.3 Å². The molecule has 0 saturated heterocycles. The maximum absolute atomic E-state index is 11.7. The molecule has 0 aliphatic carbocycles. The number of fused-ring (bicyclic) bond motifs is 2. The lowest BCUT2D eigenvalue weighted by atomic mass is 9.81. The second-order valence-corrected chi connectivity index (χ2v) is 12.7. The lowest BCUT2D eigenvalue weighted by Crippen LogP contribution is -2.31. The van der Waals surface area contributed by atoms with Gasteiger partial charge in [-0.1, -0.05) is 49.8 Å². The fraction of sp³-hybridized carbons (Fsp3) is 0.387. The van der Waals surface area contributed by atoms with Crippen molar-refractivity contribution in [3.8, 4) is 0 Å². The second kappa shape index (κ2) is 9.41. The van der Waals surface area contributed by atoms with E-state index in [1.165, 1.54) is 28.6 Å². The van der Waals surface area contributed by atoms with Gasteiger partial charge in [-0.2, -0.15) is 13.0 Å². The maximum atomic E-state index is 11.7. The van der Waals surface area contributed by atoms with Crippen LogP contribution in [0.5, 0.6) is 0 Å². The molecule has 0 unspecified atom stereocenters. The average molecular weight is 520 g/mol. The normalized spacial score (nSPS) is 19.6. The monoisotopic (exact) mass is 519 g/mol. The smallest absolute Gasteiger partial charge is 0.294 e. The van der Waals surface area contributed by atoms with E-state index >= 15 is 0 Å². The standard InChI is InChI=1S/C31H38N2O3S/c1-9-32-26-18-16-23(37(34,35)36)20-25(26)30(5,6)28(32)13-11-10-12-14-29-31(7,8)24-19-22(4)15-17-27(24)33(29)21(2)3/h10-21H,9H2,1-8H3/p+1. The van der Waals surface area contributed by atoms with Crippen molar-refractivity contribution in [1.82, 2.24) is 0 Å². The Hall–Kier alpha value is -2.96. The van der Waals surface area contributed by atoms with Gasteiger partial charge < -0.3 is 4.90 Å². The van der Waals surface area contributed by atoms with Gasteiger partial charge in [-0.15, -0.1) is 0 Å². The van der Waals surface area contributed by atoms with Gasteiger partial charge in [-0.3, -0.25) is 4.55 Å². The molecule has 0 amide bonds. The van der Waals surface area contributed by atoms with Gasteiger partial charge in [-0.25, -0.2) is 0 Å². The molecule has 0 spiro atoms. The molecule has 2 heterocycles. The lowest BCUT2D eigenvalue weighted by molar-refractivity contribution is -0.433. The Morgan fingerprint density at radius 2 is 1.68 bits per heavy atom. The largest absolute Gasteiger partial charge is 0.341 e. The van der Waals surface area contributed by atoms with Gasteiger partial charge in [0, 0.05) is 40.5 Å². The number of hydrogen-bond acceptors (Lipinski definition) is 3. The van der Waals surface area contributed by atoms with Crippen molar-refractivity contribution in [2.45, 2.75) is 77.2 Å². The summed E-state index contributed by atoms with van der Waals surface area (Å²) in [5.41, 5.74) is 7.65. The first-order chi connectivity index (χ1) is 17.2. The van der Waals surface area contributed by atoms with Crippen molar-refractivity contribution in [2.24, 2.45) is 0 Å². The Morgan fingerprint density at radius 1 is 0.973 bits per heavy atom. The van der Waals surface area contributed by atoms with Gasteiger partial charge in [0.05, 0.1) is 10.3 Å². The molecule has 4 rings (SSSR count). The summed E-state index contributed by atoms with van der Waals surface area (Å²) in [6.45, 7) is 18.2. The molecule has 2 aliphatic heterocycles. The first-order valence-electron chi connectivity index (χ1n) is 12.9. The summed E-state index contributed by atoms with van der Waals surface area (Å²) >= 11 is 0. The number of nitrogens with zero attached hydrogens (tertiary/aromatic N) is 2. The molecule has 2 aliphatic rings. The highest BCUT2D eigenvalue weighted by Gasteiger charge is 2.44. The van der Waals surface area contributed by atoms with Crippen LogP contribution in [0.25, 0.3) is 0 Å². The number of rotatable bonds is 6. The van der Waals surface area contributed by atoms with E-state index in [0.717, 1.165) is 23.5 Å². The summed E-state index contributed by atoms with van der Waals surface area (Å²) in [5, 5.41) is 0. The zero-order chi connectivity index (χ0) is 27.3. The fourth-order valence-corrected chi connectivity index (χ4v) is 6.29. The van der Waals surface area contributed by atoms with E-state index in [0.29, 0.717) is 6.04 Å². The zero-order valence-corrected chi connectivity index (χ0v) is 24.0. The zero-order valence-electron chi connectivity index (χ0n) is 23.2. The molecule has 0 bridgehead atoms. The summed E-state index contributed by atoms with van der Waals surface area (Å²) in [5.74, 6) is 0. The van der Waals surface area contributed by atoms with Crippen molar-refractivity contribution >= 4 is 27.2 Å². The minimum absolute atomic E-state index is 0.0720. The molecule has 6 heteroatoms. The van der Waals surface area contributed by atoms with Crippen LogP contribution >= 0.6 is 0 Å². The molecule has 0 atom stereocenters. The number of aryl methyl sites for hydroxylation is 1. The van der Waals surface area contributed by atoms with Crippen molar-refractivity contribution < 1.29 is 17.5 Å². The molecular weight excluding hydrogens is 480 g/mol. The van der Waals surface area contributed by atoms with Crippen LogP contribution in [0, 0.1) is 6.92 Å². The molecule has 2 aromatic rings. The van der Waals surface area contributed by atoms with E-state index in [1.807, 2.05) is 6.08 Å². The van der Waals surface area contributed by atoms with Gasteiger partial charge in [-0.05, 0) is 71.4 Å². The third-order valence-corrected chi connectivity index (χ3v) is 8.56. The second-order valence-electron chi connectivity index (χ2n) is 11.3. The lowest BCUT2D eigenvalue weighted by Gasteiger charge is -2.30. The van der Waals surface area contributed by atoms with Crippen LogP contribution < -0.4 is 4.90 Å². The van der Waals surface area contributed by atoms with Crippen molar-refractivity contribution in [3.63, 3.8) is 0 Å². The third kappa shape index (κ3) is 4.62. The van der Waals surface area contributed by atoms with Gasteiger partial charge in [0.1, 0.15) is 6.54 Å². The van der Waals surface area contributed by atoms with Crippen LogP contribution in [0.1, 0.15) is 65.2 Å². The maximum Gasteiger partial charge on any atom is 0.294 e. The highest BCUT2D eigenvalue weighted by atomic mass is 32.2. The topological polar surface area (TPSA) is 60.6 Å². The number of hydrogen-bond donors (Lipinski definition) is 1. The molecule has 2 aromatic carbocycles. The summed E-state index contributed by atoms with van der Waals surface area (Å²) in [6.07, 6.45) is 10.5. The van der Waals surface area contributed by atoms with Gasteiger partial charge in [0.2, 0.25) is 5.69 Å². The summed E-state index contributed by atoms with van der Waals surface area (Å²) in [6, 6.07) is 11.9. The Labute approximate surface area is 222 Å². The molecule has 0 fully saturated rings. The molecule has 0 saturated carbocycles.